The largest absolute Gasteiger partial charge is 0.450 e. The Bertz CT molecular complexity index is 1260. The van der Waals surface area contributed by atoms with Gasteiger partial charge in [0, 0.05) is 19.2 Å². The molecule has 1 unspecified atom stereocenters. The molecular formula is C22H16N2O4. The zero-order valence-electron chi connectivity index (χ0n) is 15.1. The second kappa shape index (κ2) is 5.42. The minimum atomic E-state index is -1.53. The lowest BCUT2D eigenvalue weighted by Crippen LogP contribution is -2.51. The van der Waals surface area contributed by atoms with Crippen molar-refractivity contribution in [2.75, 3.05) is 18.5 Å². The summed E-state index contributed by atoms with van der Waals surface area (Å²) in [6.45, 7) is 4.00. The molecule has 2 aliphatic rings. The van der Waals surface area contributed by atoms with Crippen LogP contribution in [-0.2, 0) is 10.3 Å². The van der Waals surface area contributed by atoms with Crippen LogP contribution in [0.15, 0.2) is 70.4 Å². The van der Waals surface area contributed by atoms with E-state index in [2.05, 4.69) is 6.58 Å². The molecule has 1 atom stereocenters. The van der Waals surface area contributed by atoms with Crippen molar-refractivity contribution in [1.29, 1.82) is 0 Å². The van der Waals surface area contributed by atoms with Gasteiger partial charge in [0.15, 0.2) is 11.0 Å². The van der Waals surface area contributed by atoms with Crippen molar-refractivity contribution >= 4 is 28.5 Å². The number of hydrogen-bond donors (Lipinski definition) is 0. The van der Waals surface area contributed by atoms with Gasteiger partial charge in [-0.1, -0.05) is 36.4 Å². The van der Waals surface area contributed by atoms with E-state index in [-0.39, 0.29) is 29.2 Å². The maximum atomic E-state index is 13.7. The minimum absolute atomic E-state index is 0.0743. The topological polar surface area (TPSA) is 70.8 Å². The molecule has 2 aliphatic heterocycles. The SMILES string of the molecule is C=CCN1C(=O)C2(c3ccccc31)c1c(oc3ccccc3c1=O)C(=O)N2C. The molecule has 0 saturated heterocycles. The molecule has 5 rings (SSSR count). The van der Waals surface area contributed by atoms with Gasteiger partial charge in [0.25, 0.3) is 11.8 Å². The predicted octanol–water partition coefficient (Wildman–Crippen LogP) is 2.65. The van der Waals surface area contributed by atoms with Gasteiger partial charge in [-0.25, -0.2) is 0 Å². The van der Waals surface area contributed by atoms with Gasteiger partial charge in [-0.05, 0) is 18.2 Å². The summed E-state index contributed by atoms with van der Waals surface area (Å²) in [7, 11) is 1.54. The molecule has 0 saturated carbocycles. The van der Waals surface area contributed by atoms with Crippen molar-refractivity contribution < 1.29 is 14.0 Å². The average Bonchev–Trinajstić information content (AvgIpc) is 3.09. The fraction of sp³-hybridized carbons (Fsp3) is 0.136. The summed E-state index contributed by atoms with van der Waals surface area (Å²) in [6, 6.07) is 14.0. The Labute approximate surface area is 160 Å². The number of carbonyl (C=O) groups is 2. The predicted molar refractivity (Wildman–Crippen MR) is 104 cm³/mol. The number of hydrogen-bond acceptors (Lipinski definition) is 4. The van der Waals surface area contributed by atoms with Crippen molar-refractivity contribution in [3.63, 3.8) is 0 Å². The number of likely N-dealkylation sites (N-methyl/N-ethyl adjacent to an activating group) is 1. The maximum absolute atomic E-state index is 13.7. The molecular weight excluding hydrogens is 356 g/mol. The van der Waals surface area contributed by atoms with Gasteiger partial charge < -0.3 is 14.2 Å². The third-order valence-corrected chi connectivity index (χ3v) is 5.61. The van der Waals surface area contributed by atoms with Gasteiger partial charge in [-0.3, -0.25) is 14.4 Å². The summed E-state index contributed by atoms with van der Waals surface area (Å²) in [5, 5.41) is 0.344. The highest BCUT2D eigenvalue weighted by atomic mass is 16.3. The van der Waals surface area contributed by atoms with E-state index in [1.807, 2.05) is 12.1 Å². The zero-order valence-corrected chi connectivity index (χ0v) is 15.1. The van der Waals surface area contributed by atoms with Crippen LogP contribution in [0.5, 0.6) is 0 Å². The Morgan fingerprint density at radius 1 is 1.07 bits per heavy atom. The Morgan fingerprint density at radius 2 is 1.79 bits per heavy atom. The molecule has 138 valence electrons. The van der Waals surface area contributed by atoms with Gasteiger partial charge in [-0.15, -0.1) is 6.58 Å². The first-order valence-corrected chi connectivity index (χ1v) is 8.90. The Hall–Kier alpha value is -3.67. The van der Waals surface area contributed by atoms with Crippen LogP contribution in [-0.4, -0.2) is 30.3 Å². The molecule has 3 heterocycles. The van der Waals surface area contributed by atoms with Crippen LogP contribution in [0.2, 0.25) is 0 Å². The van der Waals surface area contributed by atoms with Crippen molar-refractivity contribution in [1.82, 2.24) is 4.90 Å². The molecule has 0 aliphatic carbocycles. The lowest BCUT2D eigenvalue weighted by atomic mass is 9.84. The van der Waals surface area contributed by atoms with Crippen LogP contribution in [0.3, 0.4) is 0 Å². The van der Waals surface area contributed by atoms with E-state index in [0.717, 1.165) is 0 Å². The molecule has 1 aromatic heterocycles. The quantitative estimate of drug-likeness (QED) is 0.649. The summed E-state index contributed by atoms with van der Waals surface area (Å²) in [5.74, 6) is -0.915. The van der Waals surface area contributed by atoms with E-state index in [0.29, 0.717) is 22.2 Å². The number of para-hydroxylation sites is 2. The smallest absolute Gasteiger partial charge is 0.291 e. The number of amides is 2. The third-order valence-electron chi connectivity index (χ3n) is 5.61. The minimum Gasteiger partial charge on any atom is -0.450 e. The number of rotatable bonds is 2. The first-order chi connectivity index (χ1) is 13.5. The highest BCUT2D eigenvalue weighted by Gasteiger charge is 2.63. The van der Waals surface area contributed by atoms with Gasteiger partial charge in [-0.2, -0.15) is 0 Å². The Balaban J connectivity index is 1.94. The molecule has 3 aromatic rings. The Morgan fingerprint density at radius 3 is 2.57 bits per heavy atom. The zero-order chi connectivity index (χ0) is 19.6. The molecule has 0 fully saturated rings. The summed E-state index contributed by atoms with van der Waals surface area (Å²) in [5.41, 5.74) is -0.226. The molecule has 6 nitrogen and oxygen atoms in total. The summed E-state index contributed by atoms with van der Waals surface area (Å²) >= 11 is 0. The molecule has 0 N–H and O–H groups in total. The number of fused-ring (bicyclic) bond motifs is 5. The molecule has 1 spiro atoms. The van der Waals surface area contributed by atoms with Crippen molar-refractivity contribution in [3.05, 3.63) is 88.3 Å². The molecule has 0 bridgehead atoms. The van der Waals surface area contributed by atoms with E-state index in [4.69, 9.17) is 4.42 Å². The number of anilines is 1. The van der Waals surface area contributed by atoms with Gasteiger partial charge in [0.05, 0.1) is 16.6 Å². The fourth-order valence-corrected chi connectivity index (χ4v) is 4.40. The van der Waals surface area contributed by atoms with Crippen LogP contribution in [0.25, 0.3) is 11.0 Å². The number of carbonyl (C=O) groups excluding carboxylic acids is 2. The first-order valence-electron chi connectivity index (χ1n) is 8.90. The molecule has 28 heavy (non-hydrogen) atoms. The molecule has 2 amide bonds. The molecule has 6 heteroatoms. The normalized spacial score (nSPS) is 20.2. The van der Waals surface area contributed by atoms with E-state index in [1.54, 1.807) is 47.4 Å². The standard InChI is InChI=1S/C22H16N2O4/c1-3-12-24-15-10-6-5-9-14(15)22(21(24)27)17-18(25)13-8-4-7-11-16(13)28-19(17)20(26)23(22)2/h3-11H,1,12H2,2H3. The summed E-state index contributed by atoms with van der Waals surface area (Å²) < 4.78 is 5.83. The van der Waals surface area contributed by atoms with Crippen LogP contribution in [0.1, 0.15) is 21.7 Å². The van der Waals surface area contributed by atoms with Gasteiger partial charge in [0.2, 0.25) is 5.76 Å². The van der Waals surface area contributed by atoms with Crippen molar-refractivity contribution in [2.45, 2.75) is 5.54 Å². The number of nitrogens with zero attached hydrogens (tertiary/aromatic N) is 2. The van der Waals surface area contributed by atoms with E-state index >= 15 is 0 Å². The summed E-state index contributed by atoms with van der Waals surface area (Å²) in [6.07, 6.45) is 1.62. The van der Waals surface area contributed by atoms with Crippen LogP contribution < -0.4 is 10.3 Å². The molecule has 0 radical (unpaired) electrons. The number of benzene rings is 2. The van der Waals surface area contributed by atoms with Gasteiger partial charge >= 0.3 is 0 Å². The average molecular weight is 372 g/mol. The van der Waals surface area contributed by atoms with Crippen molar-refractivity contribution in [2.24, 2.45) is 0 Å². The van der Waals surface area contributed by atoms with E-state index in [9.17, 15) is 14.4 Å². The highest BCUT2D eigenvalue weighted by molar-refractivity contribution is 6.17. The fourth-order valence-electron chi connectivity index (χ4n) is 4.40. The van der Waals surface area contributed by atoms with Gasteiger partial charge in [0.1, 0.15) is 5.58 Å². The maximum Gasteiger partial charge on any atom is 0.291 e. The van der Waals surface area contributed by atoms with Crippen molar-refractivity contribution in [3.8, 4) is 0 Å². The highest BCUT2D eigenvalue weighted by Crippen LogP contribution is 2.51. The molecule has 2 aromatic carbocycles. The van der Waals surface area contributed by atoms with E-state index in [1.165, 1.54) is 11.9 Å². The van der Waals surface area contributed by atoms with Crippen LogP contribution in [0.4, 0.5) is 5.69 Å². The Kier molecular flexibility index (Phi) is 3.19. The van der Waals surface area contributed by atoms with E-state index < -0.39 is 11.4 Å². The lowest BCUT2D eigenvalue weighted by molar-refractivity contribution is -0.125. The monoisotopic (exact) mass is 372 g/mol. The van der Waals surface area contributed by atoms with Crippen LogP contribution >= 0.6 is 0 Å². The second-order valence-corrected chi connectivity index (χ2v) is 6.93. The lowest BCUT2D eigenvalue weighted by Gasteiger charge is -2.31. The first kappa shape index (κ1) is 16.5. The second-order valence-electron chi connectivity index (χ2n) is 6.93. The summed E-state index contributed by atoms with van der Waals surface area (Å²) in [4.78, 5) is 43.1. The third kappa shape index (κ3) is 1.70. The van der Waals surface area contributed by atoms with Crippen LogP contribution in [0, 0.1) is 0 Å².